The number of nitrogens with zero attached hydrogens (tertiary/aromatic N) is 3. The zero-order valence-corrected chi connectivity index (χ0v) is 16.5. The predicted octanol–water partition coefficient (Wildman–Crippen LogP) is -0.116. The van der Waals surface area contributed by atoms with Gasteiger partial charge in [0, 0.05) is 38.6 Å². The molecular formula is C18H28N4O4S. The number of pyridine rings is 1. The van der Waals surface area contributed by atoms with Gasteiger partial charge in [-0.3, -0.25) is 4.79 Å². The zero-order valence-electron chi connectivity index (χ0n) is 15.7. The van der Waals surface area contributed by atoms with Gasteiger partial charge >= 0.3 is 0 Å². The molecule has 0 saturated carbocycles. The van der Waals surface area contributed by atoms with Crippen LogP contribution in [-0.2, 0) is 14.6 Å². The highest BCUT2D eigenvalue weighted by molar-refractivity contribution is 7.90. The third-order valence-electron chi connectivity index (χ3n) is 5.31. The van der Waals surface area contributed by atoms with Crippen molar-refractivity contribution in [3.8, 4) is 0 Å². The predicted molar refractivity (Wildman–Crippen MR) is 102 cm³/mol. The highest BCUT2D eigenvalue weighted by Gasteiger charge is 2.33. The lowest BCUT2D eigenvalue weighted by molar-refractivity contribution is -0.128. The van der Waals surface area contributed by atoms with E-state index in [9.17, 15) is 18.3 Å². The van der Waals surface area contributed by atoms with Crippen molar-refractivity contribution in [1.29, 1.82) is 0 Å². The summed E-state index contributed by atoms with van der Waals surface area (Å²) in [5.74, 6) is -0.0444. The first-order chi connectivity index (χ1) is 12.8. The van der Waals surface area contributed by atoms with Gasteiger partial charge in [0.05, 0.1) is 16.9 Å². The number of aliphatic hydroxyl groups is 1. The lowest BCUT2D eigenvalue weighted by Crippen LogP contribution is -2.51. The van der Waals surface area contributed by atoms with Gasteiger partial charge in [0.1, 0.15) is 5.82 Å². The van der Waals surface area contributed by atoms with Crippen LogP contribution in [-0.4, -0.2) is 80.9 Å². The number of anilines is 1. The normalized spacial score (nSPS) is 24.1. The Morgan fingerprint density at radius 1 is 1.30 bits per heavy atom. The Balaban J connectivity index is 1.57. The SMILES string of the molecule is CS(=O)(=O)c1ccc(N2CC[C@@H](O)[C@@H](C(=O)NCCN3CCCC3)C2)nc1. The van der Waals surface area contributed by atoms with Gasteiger partial charge in [0.25, 0.3) is 0 Å². The molecule has 2 saturated heterocycles. The van der Waals surface area contributed by atoms with Crippen molar-refractivity contribution in [2.45, 2.75) is 30.3 Å². The molecule has 2 aliphatic rings. The van der Waals surface area contributed by atoms with Gasteiger partial charge in [-0.15, -0.1) is 0 Å². The van der Waals surface area contributed by atoms with E-state index in [1.165, 1.54) is 25.1 Å². The molecular weight excluding hydrogens is 368 g/mol. The molecule has 0 spiro atoms. The van der Waals surface area contributed by atoms with Crippen LogP contribution in [0.2, 0.25) is 0 Å². The lowest BCUT2D eigenvalue weighted by atomic mass is 9.93. The zero-order chi connectivity index (χ0) is 19.4. The van der Waals surface area contributed by atoms with Gasteiger partial charge in [-0.25, -0.2) is 13.4 Å². The van der Waals surface area contributed by atoms with E-state index in [0.29, 0.717) is 31.9 Å². The monoisotopic (exact) mass is 396 g/mol. The maximum absolute atomic E-state index is 12.5. The second kappa shape index (κ2) is 8.53. The van der Waals surface area contributed by atoms with Gasteiger partial charge in [0.2, 0.25) is 5.91 Å². The number of amides is 1. The van der Waals surface area contributed by atoms with E-state index < -0.39 is 21.9 Å². The van der Waals surface area contributed by atoms with Crippen molar-refractivity contribution < 1.29 is 18.3 Å². The molecule has 3 heterocycles. The molecule has 0 aromatic carbocycles. The van der Waals surface area contributed by atoms with E-state index in [4.69, 9.17) is 0 Å². The van der Waals surface area contributed by atoms with Crippen LogP contribution < -0.4 is 10.2 Å². The molecule has 1 aromatic heterocycles. The van der Waals surface area contributed by atoms with E-state index in [1.807, 2.05) is 4.90 Å². The number of aromatic nitrogens is 1. The summed E-state index contributed by atoms with van der Waals surface area (Å²) >= 11 is 0. The number of hydrogen-bond donors (Lipinski definition) is 2. The Bertz CT molecular complexity index is 747. The number of nitrogens with one attached hydrogen (secondary N) is 1. The van der Waals surface area contributed by atoms with E-state index >= 15 is 0 Å². The van der Waals surface area contributed by atoms with Gasteiger partial charge in [-0.2, -0.15) is 0 Å². The topological polar surface area (TPSA) is 103 Å². The number of carbonyl (C=O) groups excluding carboxylic acids is 1. The number of carbonyl (C=O) groups is 1. The number of aliphatic hydroxyl groups excluding tert-OH is 1. The molecule has 9 heteroatoms. The van der Waals surface area contributed by atoms with Crippen LogP contribution >= 0.6 is 0 Å². The van der Waals surface area contributed by atoms with Crippen LogP contribution in [0.3, 0.4) is 0 Å². The minimum Gasteiger partial charge on any atom is -0.392 e. The van der Waals surface area contributed by atoms with Gasteiger partial charge in [0.15, 0.2) is 9.84 Å². The second-order valence-electron chi connectivity index (χ2n) is 7.37. The van der Waals surface area contributed by atoms with Crippen molar-refractivity contribution in [2.24, 2.45) is 5.92 Å². The molecule has 3 rings (SSSR count). The molecule has 0 aliphatic carbocycles. The first-order valence-electron chi connectivity index (χ1n) is 9.44. The summed E-state index contributed by atoms with van der Waals surface area (Å²) in [5.41, 5.74) is 0. The first kappa shape index (κ1) is 20.0. The maximum atomic E-state index is 12.5. The number of piperidine rings is 1. The molecule has 1 aromatic rings. The van der Waals surface area contributed by atoms with Crippen LogP contribution in [0.25, 0.3) is 0 Å². The van der Waals surface area contributed by atoms with Crippen LogP contribution in [0, 0.1) is 5.92 Å². The summed E-state index contributed by atoms with van der Waals surface area (Å²) in [5, 5.41) is 13.2. The molecule has 150 valence electrons. The summed E-state index contributed by atoms with van der Waals surface area (Å²) in [4.78, 5) is 21.2. The summed E-state index contributed by atoms with van der Waals surface area (Å²) in [6.07, 6.45) is 4.71. The van der Waals surface area contributed by atoms with Crippen molar-refractivity contribution in [3.05, 3.63) is 18.3 Å². The summed E-state index contributed by atoms with van der Waals surface area (Å²) < 4.78 is 23.1. The van der Waals surface area contributed by atoms with Gasteiger partial charge in [-0.1, -0.05) is 0 Å². The standard InChI is InChI=1S/C18H28N4O4S/c1-27(25,26)14-4-5-17(20-12-14)22-10-6-16(23)15(13-22)18(24)19-7-11-21-8-2-3-9-21/h4-5,12,15-16,23H,2-3,6-11,13H2,1H3,(H,19,24)/t15-,16+/m0/s1. The first-order valence-corrected chi connectivity index (χ1v) is 11.3. The third kappa shape index (κ3) is 5.18. The van der Waals surface area contributed by atoms with Crippen molar-refractivity contribution in [3.63, 3.8) is 0 Å². The Morgan fingerprint density at radius 2 is 2.04 bits per heavy atom. The maximum Gasteiger partial charge on any atom is 0.227 e. The average Bonchev–Trinajstić information content (AvgIpc) is 3.15. The number of rotatable bonds is 6. The molecule has 0 unspecified atom stereocenters. The van der Waals surface area contributed by atoms with Gasteiger partial charge < -0.3 is 20.2 Å². The van der Waals surface area contributed by atoms with E-state index in [2.05, 4.69) is 15.2 Å². The quantitative estimate of drug-likeness (QED) is 0.691. The lowest BCUT2D eigenvalue weighted by Gasteiger charge is -2.36. The number of sulfone groups is 1. The van der Waals surface area contributed by atoms with Crippen molar-refractivity contribution in [2.75, 3.05) is 50.4 Å². The van der Waals surface area contributed by atoms with E-state index in [1.54, 1.807) is 6.07 Å². The molecule has 8 nitrogen and oxygen atoms in total. The highest BCUT2D eigenvalue weighted by atomic mass is 32.2. The Labute approximate surface area is 160 Å². The fourth-order valence-corrected chi connectivity index (χ4v) is 4.22. The van der Waals surface area contributed by atoms with Crippen molar-refractivity contribution >= 4 is 21.6 Å². The fraction of sp³-hybridized carbons (Fsp3) is 0.667. The Kier molecular flexibility index (Phi) is 6.33. The molecule has 27 heavy (non-hydrogen) atoms. The molecule has 1 amide bonds. The minimum atomic E-state index is -3.29. The third-order valence-corrected chi connectivity index (χ3v) is 6.41. The summed E-state index contributed by atoms with van der Waals surface area (Å²) in [7, 11) is -3.29. The van der Waals surface area contributed by atoms with E-state index in [0.717, 1.165) is 25.9 Å². The average molecular weight is 397 g/mol. The molecule has 0 bridgehead atoms. The Morgan fingerprint density at radius 3 is 2.67 bits per heavy atom. The van der Waals surface area contributed by atoms with E-state index in [-0.39, 0.29) is 10.8 Å². The minimum absolute atomic E-state index is 0.140. The smallest absolute Gasteiger partial charge is 0.227 e. The summed E-state index contributed by atoms with van der Waals surface area (Å²) in [6.45, 7) is 4.54. The summed E-state index contributed by atoms with van der Waals surface area (Å²) in [6, 6.07) is 3.17. The molecule has 2 N–H and O–H groups in total. The molecule has 2 aliphatic heterocycles. The largest absolute Gasteiger partial charge is 0.392 e. The van der Waals surface area contributed by atoms with Crippen LogP contribution in [0.5, 0.6) is 0 Å². The Hall–Kier alpha value is -1.71. The van der Waals surface area contributed by atoms with Crippen LogP contribution in [0.1, 0.15) is 19.3 Å². The fourth-order valence-electron chi connectivity index (χ4n) is 3.66. The number of likely N-dealkylation sites (tertiary alicyclic amines) is 1. The highest BCUT2D eigenvalue weighted by Crippen LogP contribution is 2.23. The second-order valence-corrected chi connectivity index (χ2v) is 9.39. The molecule has 0 radical (unpaired) electrons. The molecule has 2 fully saturated rings. The van der Waals surface area contributed by atoms with Gasteiger partial charge in [-0.05, 0) is 44.5 Å². The number of hydrogen-bond acceptors (Lipinski definition) is 7. The molecule has 2 atom stereocenters. The van der Waals surface area contributed by atoms with Crippen LogP contribution in [0.15, 0.2) is 23.2 Å². The van der Waals surface area contributed by atoms with Crippen LogP contribution in [0.4, 0.5) is 5.82 Å². The van der Waals surface area contributed by atoms with Crippen molar-refractivity contribution in [1.82, 2.24) is 15.2 Å².